The van der Waals surface area contributed by atoms with E-state index in [0.29, 0.717) is 0 Å². The third-order valence-electron chi connectivity index (χ3n) is 5.03. The highest BCUT2D eigenvalue weighted by molar-refractivity contribution is 7.80. The maximum atomic E-state index is 11.9. The minimum atomic E-state index is -1.26. The fourth-order valence-corrected chi connectivity index (χ4v) is 3.81. The van der Waals surface area contributed by atoms with Gasteiger partial charge in [0.15, 0.2) is 29.7 Å². The van der Waals surface area contributed by atoms with Gasteiger partial charge in [0.2, 0.25) is 0 Å². The topological polar surface area (TPSA) is 145 Å². The summed E-state index contributed by atoms with van der Waals surface area (Å²) in [5.41, 5.74) is 3.05. The average molecular weight is 505 g/mol. The third kappa shape index (κ3) is 8.66. The van der Waals surface area contributed by atoms with E-state index in [-0.39, 0.29) is 11.7 Å². The minimum absolute atomic E-state index is 0.172. The first-order chi connectivity index (χ1) is 16.0. The Kier molecular flexibility index (Phi) is 10.4. The van der Waals surface area contributed by atoms with Gasteiger partial charge in [0.1, 0.15) is 12.7 Å². The lowest BCUT2D eigenvalue weighted by atomic mass is 9.97. The molecule has 2 aliphatic rings. The van der Waals surface area contributed by atoms with Crippen molar-refractivity contribution in [2.75, 3.05) is 39.8 Å². The van der Waals surface area contributed by atoms with Gasteiger partial charge in [-0.1, -0.05) is 0 Å². The lowest BCUT2D eigenvalue weighted by Gasteiger charge is -2.45. The molecule has 5 atom stereocenters. The summed E-state index contributed by atoms with van der Waals surface area (Å²) in [6.45, 7) is 7.52. The van der Waals surface area contributed by atoms with E-state index in [4.69, 9.17) is 35.9 Å². The number of thiocarbonyl (C=S) groups is 1. The van der Waals surface area contributed by atoms with Crippen LogP contribution < -0.4 is 10.7 Å². The van der Waals surface area contributed by atoms with Crippen LogP contribution in [0.25, 0.3) is 0 Å². The molecular formula is C20H32N4O9S. The maximum absolute atomic E-state index is 11.9. The summed E-state index contributed by atoms with van der Waals surface area (Å²) in [5.74, 6) is -2.67. The molecule has 0 bridgehead atoms. The second-order valence-electron chi connectivity index (χ2n) is 8.00. The van der Waals surface area contributed by atoms with Crippen LogP contribution in [0.15, 0.2) is 0 Å². The summed E-state index contributed by atoms with van der Waals surface area (Å²) in [5, 5.41) is 5.01. The van der Waals surface area contributed by atoms with Gasteiger partial charge in [-0.15, -0.1) is 0 Å². The molecule has 14 heteroatoms. The largest absolute Gasteiger partial charge is 0.463 e. The zero-order valence-electron chi connectivity index (χ0n) is 19.9. The van der Waals surface area contributed by atoms with Crippen LogP contribution in [0.3, 0.4) is 0 Å². The van der Waals surface area contributed by atoms with Gasteiger partial charge >= 0.3 is 23.9 Å². The molecule has 34 heavy (non-hydrogen) atoms. The molecule has 0 unspecified atom stereocenters. The molecule has 13 nitrogen and oxygen atoms in total. The zero-order chi connectivity index (χ0) is 25.4. The monoisotopic (exact) mass is 504 g/mol. The van der Waals surface area contributed by atoms with Crippen LogP contribution >= 0.6 is 12.2 Å². The lowest BCUT2D eigenvalue weighted by molar-refractivity contribution is -0.255. The van der Waals surface area contributed by atoms with Crippen molar-refractivity contribution in [3.63, 3.8) is 0 Å². The summed E-state index contributed by atoms with van der Waals surface area (Å²) >= 11 is 5.41. The first-order valence-electron chi connectivity index (χ1n) is 10.8. The Hall–Kier alpha value is -2.55. The van der Waals surface area contributed by atoms with Crippen LogP contribution in [0, 0.1) is 0 Å². The molecule has 0 radical (unpaired) electrons. The van der Waals surface area contributed by atoms with Crippen molar-refractivity contribution in [3.05, 3.63) is 0 Å². The number of hydrazine groups is 1. The number of rotatable bonds is 7. The first-order valence-corrected chi connectivity index (χ1v) is 11.2. The van der Waals surface area contributed by atoms with E-state index < -0.39 is 54.5 Å². The van der Waals surface area contributed by atoms with Crippen LogP contribution in [0.4, 0.5) is 0 Å². The second-order valence-corrected chi connectivity index (χ2v) is 8.40. The molecule has 2 rings (SSSR count). The van der Waals surface area contributed by atoms with Gasteiger partial charge in [0.05, 0.1) is 0 Å². The lowest BCUT2D eigenvalue weighted by Crippen LogP contribution is -2.67. The quantitative estimate of drug-likeness (QED) is 0.240. The van der Waals surface area contributed by atoms with Gasteiger partial charge in [-0.25, -0.2) is 5.01 Å². The molecule has 2 saturated heterocycles. The normalized spacial score (nSPS) is 27.7. The predicted molar refractivity (Wildman–Crippen MR) is 120 cm³/mol. The van der Waals surface area contributed by atoms with Crippen molar-refractivity contribution in [1.82, 2.24) is 20.7 Å². The number of nitrogens with one attached hydrogen (secondary N) is 2. The van der Waals surface area contributed by atoms with Crippen molar-refractivity contribution in [3.8, 4) is 0 Å². The Morgan fingerprint density at radius 3 is 1.91 bits per heavy atom. The number of carbonyl (C=O) groups excluding carboxylic acids is 4. The van der Waals surface area contributed by atoms with E-state index in [9.17, 15) is 19.2 Å². The highest BCUT2D eigenvalue weighted by atomic mass is 32.1. The van der Waals surface area contributed by atoms with E-state index >= 15 is 0 Å². The zero-order valence-corrected chi connectivity index (χ0v) is 20.7. The smallest absolute Gasteiger partial charge is 0.303 e. The first kappa shape index (κ1) is 27.7. The summed E-state index contributed by atoms with van der Waals surface area (Å²) in [4.78, 5) is 49.1. The van der Waals surface area contributed by atoms with Crippen molar-refractivity contribution < 1.29 is 42.9 Å². The maximum Gasteiger partial charge on any atom is 0.303 e. The van der Waals surface area contributed by atoms with Crippen LogP contribution in [0.1, 0.15) is 27.7 Å². The molecular weight excluding hydrogens is 472 g/mol. The van der Waals surface area contributed by atoms with Gasteiger partial charge in [0, 0.05) is 53.9 Å². The fraction of sp³-hybridized carbons (Fsp3) is 0.750. The summed E-state index contributed by atoms with van der Waals surface area (Å²) < 4.78 is 27.1. The number of hydrogen-bond donors (Lipinski definition) is 2. The molecule has 0 amide bonds. The highest BCUT2D eigenvalue weighted by Crippen LogP contribution is 2.28. The van der Waals surface area contributed by atoms with E-state index in [1.54, 1.807) is 0 Å². The molecule has 2 N–H and O–H groups in total. The molecule has 0 aromatic heterocycles. The van der Waals surface area contributed by atoms with E-state index in [1.807, 2.05) is 12.1 Å². The molecule has 2 fully saturated rings. The molecule has 0 aromatic rings. The standard InChI is InChI=1S/C20H32N4O9S/c1-11(25)29-10-15-16(30-12(2)26)17(31-13(3)27)18(32-14(4)28)19(33-15)21-20(34)22-24-8-6-23(5)7-9-24/h15-19H,6-10H2,1-5H3,(H2,21,22,34)/t15-,16+,17-,18-,19+/m0/s1. The van der Waals surface area contributed by atoms with E-state index in [2.05, 4.69) is 15.6 Å². The Labute approximate surface area is 203 Å². The van der Waals surface area contributed by atoms with Crippen molar-refractivity contribution >= 4 is 41.2 Å². The number of nitrogens with zero attached hydrogens (tertiary/aromatic N) is 2. The molecule has 0 aromatic carbocycles. The SMILES string of the molecule is CC(=O)OC[C@@H]1O[C@@H](NC(=S)NN2CCN(C)CC2)[C@@H](OC(C)=O)[C@@H](OC(C)=O)[C@@H]1OC(C)=O. The fourth-order valence-electron chi connectivity index (χ4n) is 3.57. The van der Waals surface area contributed by atoms with Crippen molar-refractivity contribution in [2.24, 2.45) is 0 Å². The molecule has 0 spiro atoms. The number of esters is 4. The van der Waals surface area contributed by atoms with Crippen LogP contribution in [-0.2, 0) is 42.9 Å². The third-order valence-corrected chi connectivity index (χ3v) is 5.24. The number of hydrogen-bond acceptors (Lipinski definition) is 12. The summed E-state index contributed by atoms with van der Waals surface area (Å²) in [7, 11) is 2.02. The highest BCUT2D eigenvalue weighted by Gasteiger charge is 2.52. The Morgan fingerprint density at radius 1 is 0.853 bits per heavy atom. The predicted octanol–water partition coefficient (Wildman–Crippen LogP) is -1.30. The minimum Gasteiger partial charge on any atom is -0.463 e. The number of piperazine rings is 1. The van der Waals surface area contributed by atoms with Crippen LogP contribution in [-0.4, -0.2) is 109 Å². The van der Waals surface area contributed by atoms with Crippen LogP contribution in [0.5, 0.6) is 0 Å². The van der Waals surface area contributed by atoms with Gasteiger partial charge < -0.3 is 33.9 Å². The molecule has 0 aliphatic carbocycles. The van der Waals surface area contributed by atoms with Crippen molar-refractivity contribution in [1.29, 1.82) is 0 Å². The average Bonchev–Trinajstić information content (AvgIpc) is 2.71. The van der Waals surface area contributed by atoms with Gasteiger partial charge in [0.25, 0.3) is 0 Å². The second kappa shape index (κ2) is 12.8. The van der Waals surface area contributed by atoms with Crippen molar-refractivity contribution in [2.45, 2.75) is 58.3 Å². The molecule has 2 aliphatic heterocycles. The van der Waals surface area contributed by atoms with Gasteiger partial charge in [-0.3, -0.25) is 24.6 Å². The van der Waals surface area contributed by atoms with Gasteiger partial charge in [-0.05, 0) is 19.3 Å². The molecule has 0 saturated carbocycles. The number of likely N-dealkylation sites (N-methyl/N-ethyl adjacent to an activating group) is 1. The Bertz CT molecular complexity index is 775. The molecule has 192 valence electrons. The summed E-state index contributed by atoms with van der Waals surface area (Å²) in [6.07, 6.45) is -5.88. The van der Waals surface area contributed by atoms with Gasteiger partial charge in [-0.2, -0.15) is 0 Å². The van der Waals surface area contributed by atoms with E-state index in [1.165, 1.54) is 13.8 Å². The Balaban J connectivity index is 2.27. The van der Waals surface area contributed by atoms with E-state index in [0.717, 1.165) is 40.0 Å². The van der Waals surface area contributed by atoms with Crippen LogP contribution in [0.2, 0.25) is 0 Å². The number of carbonyl (C=O) groups is 4. The summed E-state index contributed by atoms with van der Waals surface area (Å²) in [6, 6.07) is 0. The Morgan fingerprint density at radius 2 is 1.38 bits per heavy atom. The number of ether oxygens (including phenoxy) is 5. The molecule has 2 heterocycles.